The summed E-state index contributed by atoms with van der Waals surface area (Å²) in [7, 11) is 0. The summed E-state index contributed by atoms with van der Waals surface area (Å²) in [6.07, 6.45) is 4.72. The van der Waals surface area contributed by atoms with Gasteiger partial charge in [0.1, 0.15) is 51.0 Å². The van der Waals surface area contributed by atoms with Crippen LogP contribution in [0.1, 0.15) is 50.2 Å². The number of benzene rings is 2. The molecule has 0 aliphatic carbocycles. The van der Waals surface area contributed by atoms with Gasteiger partial charge in [-0.25, -0.2) is 24.7 Å². The highest BCUT2D eigenvalue weighted by Gasteiger charge is 2.13. The number of carbonyl (C=O) groups is 1. The van der Waals surface area contributed by atoms with Crippen molar-refractivity contribution in [1.82, 2.24) is 19.9 Å². The second kappa shape index (κ2) is 13.6. The SMILES string of the molecule is Cc1nc(-c2ccc(Cc3cc(C#N)nc4sccc34)cc2)co1.Cc1nc(-c2ccc(Cc3cc(C(=O)O)nc4sccc34)cc2)co1. The molecule has 0 aliphatic rings. The van der Waals surface area contributed by atoms with Crippen molar-refractivity contribution in [3.63, 3.8) is 0 Å². The minimum Gasteiger partial charge on any atom is -0.477 e. The number of pyridine rings is 2. The Morgan fingerprint density at radius 1 is 0.714 bits per heavy atom. The normalized spacial score (nSPS) is 11.0. The van der Waals surface area contributed by atoms with Gasteiger partial charge in [-0.2, -0.15) is 5.26 Å². The molecule has 8 rings (SSSR count). The fourth-order valence-corrected chi connectivity index (χ4v) is 7.13. The molecular formula is C38H27N5O4S2. The number of hydrogen-bond acceptors (Lipinski definition) is 10. The van der Waals surface area contributed by atoms with Gasteiger partial charge in [-0.1, -0.05) is 48.5 Å². The maximum atomic E-state index is 11.3. The third kappa shape index (κ3) is 7.01. The van der Waals surface area contributed by atoms with Crippen LogP contribution in [0.3, 0.4) is 0 Å². The molecule has 0 aliphatic heterocycles. The van der Waals surface area contributed by atoms with Crippen LogP contribution in [-0.4, -0.2) is 31.0 Å². The highest BCUT2D eigenvalue weighted by atomic mass is 32.1. The fourth-order valence-electron chi connectivity index (χ4n) is 5.51. The third-order valence-corrected chi connectivity index (χ3v) is 9.52. The molecule has 1 N–H and O–H groups in total. The first-order valence-electron chi connectivity index (χ1n) is 15.2. The predicted molar refractivity (Wildman–Crippen MR) is 190 cm³/mol. The van der Waals surface area contributed by atoms with Gasteiger partial charge in [0.25, 0.3) is 0 Å². The molecule has 0 unspecified atom stereocenters. The number of carboxylic acids is 1. The lowest BCUT2D eigenvalue weighted by molar-refractivity contribution is 0.0691. The van der Waals surface area contributed by atoms with Gasteiger partial charge in [0, 0.05) is 35.7 Å². The van der Waals surface area contributed by atoms with Crippen molar-refractivity contribution in [3.05, 3.63) is 142 Å². The van der Waals surface area contributed by atoms with Crippen LogP contribution in [0.25, 0.3) is 42.9 Å². The van der Waals surface area contributed by atoms with Crippen LogP contribution in [0.15, 0.2) is 105 Å². The molecule has 2 aromatic carbocycles. The van der Waals surface area contributed by atoms with E-state index in [1.807, 2.05) is 73.1 Å². The van der Waals surface area contributed by atoms with Crippen LogP contribution >= 0.6 is 22.7 Å². The number of oxazole rings is 2. The van der Waals surface area contributed by atoms with Gasteiger partial charge in [-0.3, -0.25) is 0 Å². The number of rotatable bonds is 7. The zero-order valence-corrected chi connectivity index (χ0v) is 28.0. The molecule has 0 amide bonds. The number of hydrogen-bond donors (Lipinski definition) is 1. The Bertz CT molecular complexity index is 2470. The maximum absolute atomic E-state index is 11.3. The largest absolute Gasteiger partial charge is 0.477 e. The number of thiophene rings is 2. The zero-order valence-electron chi connectivity index (χ0n) is 26.4. The smallest absolute Gasteiger partial charge is 0.354 e. The van der Waals surface area contributed by atoms with E-state index in [-0.39, 0.29) is 5.69 Å². The topological polar surface area (TPSA) is 139 Å². The molecular weight excluding hydrogens is 655 g/mol. The minimum atomic E-state index is -1.01. The first-order valence-corrected chi connectivity index (χ1v) is 17.0. The molecule has 0 bridgehead atoms. The van der Waals surface area contributed by atoms with E-state index in [1.165, 1.54) is 16.9 Å². The molecule has 8 aromatic rings. The average molecular weight is 682 g/mol. The lowest BCUT2D eigenvalue weighted by atomic mass is 10.0. The summed E-state index contributed by atoms with van der Waals surface area (Å²) in [6.45, 7) is 3.65. The van der Waals surface area contributed by atoms with E-state index in [0.717, 1.165) is 66.1 Å². The lowest BCUT2D eigenvalue weighted by Crippen LogP contribution is -2.02. The van der Waals surface area contributed by atoms with Crippen LogP contribution in [0.2, 0.25) is 0 Å². The number of aryl methyl sites for hydroxylation is 2. The molecule has 9 nitrogen and oxygen atoms in total. The highest BCUT2D eigenvalue weighted by Crippen LogP contribution is 2.28. The standard InChI is InChI=1S/C19H13N3OS.C19H14N2O3S/c1-12-21-18(11-23-12)14-4-2-13(3-5-14)8-15-9-16(10-20)22-19-17(15)6-7-24-19;1-11-20-17(10-24-11)13-4-2-12(3-5-13)8-14-9-16(19(22)23)21-18-15(14)6-7-25-18/h2-7,9,11H,8H2,1H3;2-7,9-10H,8H2,1H3,(H,22,23). The molecule has 240 valence electrons. The number of nitrogens with zero attached hydrogens (tertiary/aromatic N) is 5. The minimum absolute atomic E-state index is 0.0830. The van der Waals surface area contributed by atoms with E-state index >= 15 is 0 Å². The lowest BCUT2D eigenvalue weighted by Gasteiger charge is -2.06. The molecule has 0 spiro atoms. The van der Waals surface area contributed by atoms with E-state index in [0.29, 0.717) is 23.9 Å². The molecule has 0 saturated carbocycles. The van der Waals surface area contributed by atoms with Gasteiger partial charge < -0.3 is 13.9 Å². The van der Waals surface area contributed by atoms with Gasteiger partial charge >= 0.3 is 5.97 Å². The quantitative estimate of drug-likeness (QED) is 0.174. The Hall–Kier alpha value is -5.96. The van der Waals surface area contributed by atoms with E-state index in [9.17, 15) is 9.90 Å². The Morgan fingerprint density at radius 2 is 1.20 bits per heavy atom. The second-order valence-electron chi connectivity index (χ2n) is 11.3. The van der Waals surface area contributed by atoms with Gasteiger partial charge in [0.2, 0.25) is 0 Å². The summed E-state index contributed by atoms with van der Waals surface area (Å²) in [5.74, 6) is 0.292. The van der Waals surface area contributed by atoms with Crippen molar-refractivity contribution in [2.45, 2.75) is 26.7 Å². The van der Waals surface area contributed by atoms with Crippen LogP contribution in [0.4, 0.5) is 0 Å². The van der Waals surface area contributed by atoms with E-state index in [4.69, 9.17) is 14.1 Å². The Kier molecular flexibility index (Phi) is 8.81. The molecule has 6 heterocycles. The first-order chi connectivity index (χ1) is 23.8. The summed E-state index contributed by atoms with van der Waals surface area (Å²) < 4.78 is 10.5. The Labute approximate surface area is 288 Å². The summed E-state index contributed by atoms with van der Waals surface area (Å²) >= 11 is 3.02. The molecule has 0 saturated heterocycles. The van der Waals surface area contributed by atoms with Crippen LogP contribution < -0.4 is 0 Å². The summed E-state index contributed by atoms with van der Waals surface area (Å²) in [6, 6.07) is 26.0. The van der Waals surface area contributed by atoms with E-state index in [1.54, 1.807) is 29.9 Å². The van der Waals surface area contributed by atoms with E-state index in [2.05, 4.69) is 44.2 Å². The highest BCUT2D eigenvalue weighted by molar-refractivity contribution is 7.17. The number of carboxylic acid groups (broad SMARTS) is 1. The van der Waals surface area contributed by atoms with Crippen molar-refractivity contribution >= 4 is 49.1 Å². The van der Waals surface area contributed by atoms with Crippen molar-refractivity contribution in [2.24, 2.45) is 0 Å². The predicted octanol–water partition coefficient (Wildman–Crippen LogP) is 9.27. The van der Waals surface area contributed by atoms with Gasteiger partial charge in [0.15, 0.2) is 11.8 Å². The van der Waals surface area contributed by atoms with Crippen LogP contribution in [-0.2, 0) is 12.8 Å². The van der Waals surface area contributed by atoms with Crippen LogP contribution in [0.5, 0.6) is 0 Å². The molecule has 49 heavy (non-hydrogen) atoms. The monoisotopic (exact) mass is 681 g/mol. The number of aromatic nitrogens is 4. The fraction of sp³-hybridized carbons (Fsp3) is 0.105. The molecule has 0 radical (unpaired) electrons. The van der Waals surface area contributed by atoms with Gasteiger partial charge in [-0.05, 0) is 70.1 Å². The summed E-state index contributed by atoms with van der Waals surface area (Å²) in [4.78, 5) is 30.2. The zero-order chi connectivity index (χ0) is 33.9. The second-order valence-corrected chi connectivity index (χ2v) is 13.1. The summed E-state index contributed by atoms with van der Waals surface area (Å²) in [5.41, 5.74) is 8.59. The number of aromatic carboxylic acids is 1. The number of fused-ring (bicyclic) bond motifs is 2. The van der Waals surface area contributed by atoms with Crippen molar-refractivity contribution < 1.29 is 18.7 Å². The Morgan fingerprint density at radius 3 is 1.65 bits per heavy atom. The average Bonchev–Trinajstić information content (AvgIpc) is 3.94. The maximum Gasteiger partial charge on any atom is 0.354 e. The van der Waals surface area contributed by atoms with Crippen molar-refractivity contribution in [1.29, 1.82) is 5.26 Å². The first kappa shape index (κ1) is 31.6. The van der Waals surface area contributed by atoms with Crippen LogP contribution in [0, 0.1) is 25.2 Å². The van der Waals surface area contributed by atoms with Gasteiger partial charge in [0.05, 0.1) is 0 Å². The molecule has 6 aromatic heterocycles. The van der Waals surface area contributed by atoms with Gasteiger partial charge in [-0.15, -0.1) is 22.7 Å². The third-order valence-electron chi connectivity index (χ3n) is 7.91. The molecule has 0 fully saturated rings. The van der Waals surface area contributed by atoms with Crippen molar-refractivity contribution in [3.8, 4) is 28.6 Å². The Balaban J connectivity index is 0.000000154. The van der Waals surface area contributed by atoms with E-state index < -0.39 is 5.97 Å². The number of nitriles is 1. The summed E-state index contributed by atoms with van der Waals surface area (Å²) in [5, 5.41) is 24.5. The van der Waals surface area contributed by atoms with Crippen molar-refractivity contribution in [2.75, 3.05) is 0 Å². The molecule has 11 heteroatoms. The molecule has 0 atom stereocenters.